The van der Waals surface area contributed by atoms with Gasteiger partial charge >= 0.3 is 6.18 Å². The average molecular weight is 328 g/mol. The number of halogens is 3. The number of nitrogens with one attached hydrogen (secondary N) is 3. The molecule has 0 aliphatic rings. The van der Waals surface area contributed by atoms with E-state index in [9.17, 15) is 21.6 Å². The summed E-state index contributed by atoms with van der Waals surface area (Å²) in [5.74, 6) is 4.57. The summed E-state index contributed by atoms with van der Waals surface area (Å²) in [4.78, 5) is 6.91. The molecular formula is C9H15F3N6O2S. The van der Waals surface area contributed by atoms with Gasteiger partial charge in [0.2, 0.25) is 16.0 Å². The number of alkyl halides is 3. The Balaban J connectivity index is 2.62. The van der Waals surface area contributed by atoms with Crippen molar-refractivity contribution in [2.45, 2.75) is 12.6 Å². The van der Waals surface area contributed by atoms with E-state index in [0.29, 0.717) is 6.42 Å². The third-order valence-electron chi connectivity index (χ3n) is 2.17. The number of nitrogens with zero attached hydrogens (tertiary/aromatic N) is 2. The Morgan fingerprint density at radius 3 is 2.48 bits per heavy atom. The summed E-state index contributed by atoms with van der Waals surface area (Å²) in [5.41, 5.74) is 0.811. The van der Waals surface area contributed by atoms with Gasteiger partial charge in [-0.2, -0.15) is 18.2 Å². The van der Waals surface area contributed by atoms with Crippen LogP contribution in [0.15, 0.2) is 6.07 Å². The smallest absolute Gasteiger partial charge is 0.370 e. The van der Waals surface area contributed by atoms with Gasteiger partial charge < -0.3 is 5.32 Å². The molecule has 120 valence electrons. The highest BCUT2D eigenvalue weighted by atomic mass is 32.2. The van der Waals surface area contributed by atoms with E-state index in [-0.39, 0.29) is 24.9 Å². The molecule has 0 spiro atoms. The van der Waals surface area contributed by atoms with Crippen LogP contribution in [0.4, 0.5) is 24.9 Å². The molecule has 0 fully saturated rings. The molecule has 0 atom stereocenters. The maximum atomic E-state index is 12.6. The molecule has 1 aromatic heterocycles. The first-order chi connectivity index (χ1) is 9.62. The van der Waals surface area contributed by atoms with Crippen molar-refractivity contribution in [1.29, 1.82) is 0 Å². The van der Waals surface area contributed by atoms with Crippen LogP contribution < -0.4 is 21.3 Å². The lowest BCUT2D eigenvalue weighted by molar-refractivity contribution is -0.141. The number of hydrazine groups is 1. The standard InChI is InChI=1S/C9H15F3N6O2S/c1-21(19,20)15-4-2-3-14-7-5-6(9(10,11)12)16-8(17-7)18-13/h5,15H,2-4,13H2,1H3,(H2,14,16,17,18). The SMILES string of the molecule is CS(=O)(=O)NCCCNc1cc(C(F)(F)F)nc(NN)n1. The van der Waals surface area contributed by atoms with Crippen LogP contribution in [0.3, 0.4) is 0 Å². The molecule has 0 saturated heterocycles. The van der Waals surface area contributed by atoms with Crippen molar-refractivity contribution in [2.75, 3.05) is 30.1 Å². The quantitative estimate of drug-likeness (QED) is 0.319. The van der Waals surface area contributed by atoms with Crippen molar-refractivity contribution in [1.82, 2.24) is 14.7 Å². The Kier molecular flexibility index (Phi) is 5.69. The fraction of sp³-hybridized carbons (Fsp3) is 0.556. The molecule has 21 heavy (non-hydrogen) atoms. The average Bonchev–Trinajstić information content (AvgIpc) is 2.35. The second kappa shape index (κ2) is 6.87. The molecule has 8 nitrogen and oxygen atoms in total. The highest BCUT2D eigenvalue weighted by molar-refractivity contribution is 7.88. The van der Waals surface area contributed by atoms with Crippen molar-refractivity contribution in [2.24, 2.45) is 5.84 Å². The minimum atomic E-state index is -4.62. The summed E-state index contributed by atoms with van der Waals surface area (Å²) in [6, 6.07) is 0.741. The summed E-state index contributed by atoms with van der Waals surface area (Å²) in [7, 11) is -3.28. The third kappa shape index (κ3) is 6.55. The number of anilines is 2. The zero-order valence-corrected chi connectivity index (χ0v) is 11.8. The predicted octanol–water partition coefficient (Wildman–Crippen LogP) is 0.132. The largest absolute Gasteiger partial charge is 0.433 e. The van der Waals surface area contributed by atoms with Crippen LogP contribution in [-0.4, -0.2) is 37.7 Å². The van der Waals surface area contributed by atoms with Gasteiger partial charge in [-0.1, -0.05) is 0 Å². The first-order valence-corrected chi connectivity index (χ1v) is 7.62. The number of sulfonamides is 1. The number of hydrogen-bond donors (Lipinski definition) is 4. The second-order valence-corrected chi connectivity index (χ2v) is 5.88. The van der Waals surface area contributed by atoms with Crippen molar-refractivity contribution in [3.05, 3.63) is 11.8 Å². The minimum Gasteiger partial charge on any atom is -0.370 e. The van der Waals surface area contributed by atoms with Gasteiger partial charge in [-0.15, -0.1) is 0 Å². The van der Waals surface area contributed by atoms with Gasteiger partial charge in [-0.3, -0.25) is 5.43 Å². The van der Waals surface area contributed by atoms with Gasteiger partial charge in [0, 0.05) is 19.2 Å². The van der Waals surface area contributed by atoms with Gasteiger partial charge in [-0.05, 0) is 6.42 Å². The lowest BCUT2D eigenvalue weighted by Gasteiger charge is -2.11. The first kappa shape index (κ1) is 17.4. The Bertz CT molecular complexity index is 577. The van der Waals surface area contributed by atoms with Gasteiger partial charge in [-0.25, -0.2) is 24.0 Å². The van der Waals surface area contributed by atoms with Crippen LogP contribution in [0.1, 0.15) is 12.1 Å². The molecule has 0 aliphatic heterocycles. The Morgan fingerprint density at radius 2 is 1.95 bits per heavy atom. The van der Waals surface area contributed by atoms with Crippen molar-refractivity contribution in [3.63, 3.8) is 0 Å². The molecule has 0 radical (unpaired) electrons. The van der Waals surface area contributed by atoms with Gasteiger partial charge in [0.25, 0.3) is 0 Å². The molecule has 0 bridgehead atoms. The van der Waals surface area contributed by atoms with Crippen molar-refractivity contribution < 1.29 is 21.6 Å². The molecule has 1 rings (SSSR count). The second-order valence-electron chi connectivity index (χ2n) is 4.05. The molecular weight excluding hydrogens is 313 g/mol. The molecule has 0 aromatic carbocycles. The van der Waals surface area contributed by atoms with Gasteiger partial charge in [0.05, 0.1) is 6.26 Å². The molecule has 1 heterocycles. The number of rotatable bonds is 7. The van der Waals surface area contributed by atoms with Crippen LogP contribution >= 0.6 is 0 Å². The summed E-state index contributed by atoms with van der Waals surface area (Å²) in [6.07, 6.45) is -3.24. The van der Waals surface area contributed by atoms with E-state index < -0.39 is 21.9 Å². The van der Waals surface area contributed by atoms with Crippen molar-refractivity contribution >= 4 is 21.8 Å². The normalized spacial score (nSPS) is 12.2. The number of nitrogens with two attached hydrogens (primary N) is 1. The fourth-order valence-corrected chi connectivity index (χ4v) is 1.83. The first-order valence-electron chi connectivity index (χ1n) is 5.73. The highest BCUT2D eigenvalue weighted by Gasteiger charge is 2.33. The molecule has 0 saturated carbocycles. The Morgan fingerprint density at radius 1 is 1.29 bits per heavy atom. The maximum Gasteiger partial charge on any atom is 0.433 e. The Labute approximate surface area is 119 Å². The van der Waals surface area contributed by atoms with Gasteiger partial charge in [0.1, 0.15) is 5.82 Å². The molecule has 0 unspecified atom stereocenters. The summed E-state index contributed by atoms with van der Waals surface area (Å²) in [5, 5.41) is 2.64. The molecule has 0 amide bonds. The van der Waals surface area contributed by atoms with Crippen LogP contribution in [0.25, 0.3) is 0 Å². The van der Waals surface area contributed by atoms with Crippen LogP contribution in [0.5, 0.6) is 0 Å². The fourth-order valence-electron chi connectivity index (χ4n) is 1.31. The minimum absolute atomic E-state index is 0.0652. The lowest BCUT2D eigenvalue weighted by atomic mass is 10.3. The Hall–Kier alpha value is -1.66. The van der Waals surface area contributed by atoms with Crippen LogP contribution in [0.2, 0.25) is 0 Å². The summed E-state index contributed by atoms with van der Waals surface area (Å²) < 4.78 is 61.6. The highest BCUT2D eigenvalue weighted by Crippen LogP contribution is 2.29. The van der Waals surface area contributed by atoms with E-state index in [1.54, 1.807) is 0 Å². The van der Waals surface area contributed by atoms with Gasteiger partial charge in [0.15, 0.2) is 5.69 Å². The number of aromatic nitrogens is 2. The topological polar surface area (TPSA) is 122 Å². The molecule has 1 aromatic rings. The maximum absolute atomic E-state index is 12.6. The van der Waals surface area contributed by atoms with E-state index in [1.165, 1.54) is 0 Å². The van der Waals surface area contributed by atoms with E-state index in [4.69, 9.17) is 5.84 Å². The van der Waals surface area contributed by atoms with E-state index in [2.05, 4.69) is 20.0 Å². The van der Waals surface area contributed by atoms with E-state index in [1.807, 2.05) is 5.43 Å². The lowest BCUT2D eigenvalue weighted by Crippen LogP contribution is -2.24. The van der Waals surface area contributed by atoms with Crippen LogP contribution in [0, 0.1) is 0 Å². The molecule has 0 aliphatic carbocycles. The zero-order chi connectivity index (χ0) is 16.1. The van der Waals surface area contributed by atoms with E-state index in [0.717, 1.165) is 12.3 Å². The molecule has 12 heteroatoms. The summed E-state index contributed by atoms with van der Waals surface area (Å²) in [6.45, 7) is 0.381. The number of nitrogen functional groups attached to an aromatic ring is 1. The van der Waals surface area contributed by atoms with Crippen molar-refractivity contribution in [3.8, 4) is 0 Å². The van der Waals surface area contributed by atoms with Crippen LogP contribution in [-0.2, 0) is 16.2 Å². The zero-order valence-electron chi connectivity index (χ0n) is 11.0. The molecule has 5 N–H and O–H groups in total. The third-order valence-corrected chi connectivity index (χ3v) is 2.90. The predicted molar refractivity (Wildman–Crippen MR) is 70.8 cm³/mol. The summed E-state index contributed by atoms with van der Waals surface area (Å²) >= 11 is 0. The monoisotopic (exact) mass is 328 g/mol. The number of hydrogen-bond acceptors (Lipinski definition) is 7. The van der Waals surface area contributed by atoms with E-state index >= 15 is 0 Å².